The van der Waals surface area contributed by atoms with E-state index < -0.39 is 4.92 Å². The molecule has 21 heavy (non-hydrogen) atoms. The molecular weight excluding hydrogens is 270 g/mol. The smallest absolute Gasteiger partial charge is 0.287 e. The highest BCUT2D eigenvalue weighted by Crippen LogP contribution is 2.26. The van der Waals surface area contributed by atoms with Crippen molar-refractivity contribution in [2.75, 3.05) is 5.32 Å². The molecule has 0 aliphatic heterocycles. The molecule has 2 rings (SSSR count). The first kappa shape index (κ1) is 14.3. The molecule has 0 fully saturated rings. The number of benzene rings is 2. The summed E-state index contributed by atoms with van der Waals surface area (Å²) in [6, 6.07) is 12.8. The molecule has 0 bridgehead atoms. The zero-order valence-electron chi connectivity index (χ0n) is 11.3. The van der Waals surface area contributed by atoms with Crippen molar-refractivity contribution in [3.8, 4) is 11.8 Å². The van der Waals surface area contributed by atoms with E-state index in [0.717, 1.165) is 5.56 Å². The Morgan fingerprint density at radius 2 is 2.10 bits per heavy atom. The summed E-state index contributed by atoms with van der Waals surface area (Å²) in [5, 5.41) is 32.3. The highest BCUT2D eigenvalue weighted by Gasteiger charge is 2.14. The van der Waals surface area contributed by atoms with Gasteiger partial charge in [0, 0.05) is 17.8 Å². The van der Waals surface area contributed by atoms with Gasteiger partial charge in [0.15, 0.2) is 0 Å². The Hall–Kier alpha value is -3.07. The number of hydrogen-bond acceptors (Lipinski definition) is 5. The van der Waals surface area contributed by atoms with Crippen LogP contribution in [0.15, 0.2) is 42.5 Å². The molecule has 1 atom stereocenters. The third-order valence-corrected chi connectivity index (χ3v) is 3.07. The van der Waals surface area contributed by atoms with Gasteiger partial charge in [-0.15, -0.1) is 0 Å². The summed E-state index contributed by atoms with van der Waals surface area (Å²) in [6.45, 7) is 1.89. The number of nitrogens with zero attached hydrogens (tertiary/aromatic N) is 2. The third-order valence-electron chi connectivity index (χ3n) is 3.07. The Morgan fingerprint density at radius 3 is 2.71 bits per heavy atom. The molecule has 0 saturated carbocycles. The minimum absolute atomic E-state index is 0.00751. The van der Waals surface area contributed by atoms with Gasteiger partial charge in [-0.1, -0.05) is 12.1 Å². The number of rotatable bonds is 4. The van der Waals surface area contributed by atoms with E-state index in [2.05, 4.69) is 5.32 Å². The molecule has 0 spiro atoms. The summed E-state index contributed by atoms with van der Waals surface area (Å²) in [5.41, 5.74) is 1.26. The molecule has 0 radical (unpaired) electrons. The van der Waals surface area contributed by atoms with E-state index >= 15 is 0 Å². The molecule has 0 amide bonds. The van der Waals surface area contributed by atoms with Crippen molar-refractivity contribution >= 4 is 11.4 Å². The fraction of sp³-hybridized carbons (Fsp3) is 0.133. The van der Waals surface area contributed by atoms with Crippen molar-refractivity contribution in [2.45, 2.75) is 13.0 Å². The van der Waals surface area contributed by atoms with Crippen LogP contribution in [0.2, 0.25) is 0 Å². The number of anilines is 1. The van der Waals surface area contributed by atoms with Crippen LogP contribution in [0.25, 0.3) is 0 Å². The minimum atomic E-state index is -0.582. The molecule has 2 aromatic rings. The SMILES string of the molecule is C[C@H](Nc1ccc([N+](=O)[O-])c(C#N)c1)c1cccc(O)c1. The predicted molar refractivity (Wildman–Crippen MR) is 78.0 cm³/mol. The molecule has 0 saturated heterocycles. The number of phenolic OH excluding ortho intramolecular Hbond substituents is 1. The lowest BCUT2D eigenvalue weighted by atomic mass is 10.1. The average molecular weight is 283 g/mol. The molecule has 0 aliphatic rings. The average Bonchev–Trinajstić information content (AvgIpc) is 2.46. The molecule has 2 aromatic carbocycles. The highest BCUT2D eigenvalue weighted by atomic mass is 16.6. The number of phenols is 1. The molecule has 0 aromatic heterocycles. The number of nitriles is 1. The van der Waals surface area contributed by atoms with Crippen LogP contribution in [-0.2, 0) is 0 Å². The standard InChI is InChI=1S/C15H13N3O3/c1-10(11-3-2-4-14(19)8-11)17-13-5-6-15(18(20)21)12(7-13)9-16/h2-8,10,17,19H,1H3/t10-/m0/s1. The summed E-state index contributed by atoms with van der Waals surface area (Å²) in [7, 11) is 0. The number of nitro benzene ring substituents is 1. The maximum Gasteiger partial charge on any atom is 0.287 e. The molecule has 6 heteroatoms. The largest absolute Gasteiger partial charge is 0.508 e. The molecule has 6 nitrogen and oxygen atoms in total. The molecule has 0 aliphatic carbocycles. The van der Waals surface area contributed by atoms with E-state index in [4.69, 9.17) is 5.26 Å². The summed E-state index contributed by atoms with van der Waals surface area (Å²) in [5.74, 6) is 0.169. The highest BCUT2D eigenvalue weighted by molar-refractivity contribution is 5.59. The van der Waals surface area contributed by atoms with E-state index in [1.165, 1.54) is 12.1 Å². The van der Waals surface area contributed by atoms with Crippen molar-refractivity contribution < 1.29 is 10.0 Å². The van der Waals surface area contributed by atoms with E-state index in [1.54, 1.807) is 24.3 Å². The maximum absolute atomic E-state index is 10.8. The Bertz CT molecular complexity index is 722. The first-order valence-corrected chi connectivity index (χ1v) is 6.25. The quantitative estimate of drug-likeness (QED) is 0.662. The molecule has 0 heterocycles. The van der Waals surface area contributed by atoms with Crippen LogP contribution in [0.4, 0.5) is 11.4 Å². The van der Waals surface area contributed by atoms with E-state index in [-0.39, 0.29) is 23.0 Å². The summed E-state index contributed by atoms with van der Waals surface area (Å²) in [4.78, 5) is 10.2. The van der Waals surface area contributed by atoms with Crippen molar-refractivity contribution in [1.82, 2.24) is 0 Å². The van der Waals surface area contributed by atoms with Crippen LogP contribution in [0.3, 0.4) is 0 Å². The second-order valence-corrected chi connectivity index (χ2v) is 4.56. The van der Waals surface area contributed by atoms with Crippen LogP contribution in [0, 0.1) is 21.4 Å². The maximum atomic E-state index is 10.8. The van der Waals surface area contributed by atoms with Crippen LogP contribution in [0.1, 0.15) is 24.1 Å². The number of aromatic hydroxyl groups is 1. The van der Waals surface area contributed by atoms with Crippen LogP contribution >= 0.6 is 0 Å². The van der Waals surface area contributed by atoms with E-state index in [1.807, 2.05) is 19.1 Å². The first-order chi connectivity index (χ1) is 10.0. The van der Waals surface area contributed by atoms with E-state index in [0.29, 0.717) is 5.69 Å². The van der Waals surface area contributed by atoms with Gasteiger partial charge < -0.3 is 10.4 Å². The minimum Gasteiger partial charge on any atom is -0.508 e. The van der Waals surface area contributed by atoms with Gasteiger partial charge >= 0.3 is 0 Å². The van der Waals surface area contributed by atoms with Gasteiger partial charge in [0.25, 0.3) is 5.69 Å². The lowest BCUT2D eigenvalue weighted by Gasteiger charge is -2.16. The zero-order chi connectivity index (χ0) is 15.4. The summed E-state index contributed by atoms with van der Waals surface area (Å²) < 4.78 is 0. The second kappa shape index (κ2) is 5.92. The molecule has 0 unspecified atom stereocenters. The number of hydrogen-bond donors (Lipinski definition) is 2. The lowest BCUT2D eigenvalue weighted by molar-refractivity contribution is -0.385. The van der Waals surface area contributed by atoms with Crippen molar-refractivity contribution in [2.24, 2.45) is 0 Å². The summed E-state index contributed by atoms with van der Waals surface area (Å²) in [6.07, 6.45) is 0. The topological polar surface area (TPSA) is 99.2 Å². The van der Waals surface area contributed by atoms with Gasteiger partial charge in [0.05, 0.1) is 4.92 Å². The summed E-state index contributed by atoms with van der Waals surface area (Å²) >= 11 is 0. The molecule has 106 valence electrons. The fourth-order valence-electron chi connectivity index (χ4n) is 2.00. The number of nitrogens with one attached hydrogen (secondary N) is 1. The Labute approximate surface area is 121 Å². The lowest BCUT2D eigenvalue weighted by Crippen LogP contribution is -2.07. The normalized spacial score (nSPS) is 11.4. The Morgan fingerprint density at radius 1 is 1.33 bits per heavy atom. The van der Waals surface area contributed by atoms with Gasteiger partial charge in [0.2, 0.25) is 0 Å². The van der Waals surface area contributed by atoms with Crippen LogP contribution < -0.4 is 5.32 Å². The first-order valence-electron chi connectivity index (χ1n) is 6.25. The van der Waals surface area contributed by atoms with Crippen molar-refractivity contribution in [1.29, 1.82) is 5.26 Å². The van der Waals surface area contributed by atoms with Crippen molar-refractivity contribution in [3.05, 3.63) is 63.7 Å². The molecular formula is C15H13N3O3. The zero-order valence-corrected chi connectivity index (χ0v) is 11.3. The Kier molecular flexibility index (Phi) is 4.05. The molecule has 2 N–H and O–H groups in total. The Balaban J connectivity index is 2.24. The predicted octanol–water partition coefficient (Wildman–Crippen LogP) is 3.35. The monoisotopic (exact) mass is 283 g/mol. The van der Waals surface area contributed by atoms with Gasteiger partial charge in [0.1, 0.15) is 17.4 Å². The van der Waals surface area contributed by atoms with E-state index in [9.17, 15) is 15.2 Å². The second-order valence-electron chi connectivity index (χ2n) is 4.56. The fourth-order valence-corrected chi connectivity index (χ4v) is 2.00. The number of nitro groups is 1. The van der Waals surface area contributed by atoms with Gasteiger partial charge in [-0.05, 0) is 36.8 Å². The van der Waals surface area contributed by atoms with Crippen LogP contribution in [-0.4, -0.2) is 10.0 Å². The van der Waals surface area contributed by atoms with Crippen LogP contribution in [0.5, 0.6) is 5.75 Å². The van der Waals surface area contributed by atoms with Gasteiger partial charge in [-0.2, -0.15) is 5.26 Å². The van der Waals surface area contributed by atoms with Gasteiger partial charge in [-0.25, -0.2) is 0 Å². The third kappa shape index (κ3) is 3.28. The van der Waals surface area contributed by atoms with Gasteiger partial charge in [-0.3, -0.25) is 10.1 Å². The van der Waals surface area contributed by atoms with Crippen molar-refractivity contribution in [3.63, 3.8) is 0 Å².